The van der Waals surface area contributed by atoms with Gasteiger partial charge in [-0.3, -0.25) is 4.79 Å². The molecule has 28 heavy (non-hydrogen) atoms. The average molecular weight is 398 g/mol. The number of carboxylic acids is 1. The number of aryl methyl sites for hydroxylation is 1. The summed E-state index contributed by atoms with van der Waals surface area (Å²) in [6.45, 7) is 6.71. The second-order valence-corrected chi connectivity index (χ2v) is 7.82. The first kappa shape index (κ1) is 18.8. The normalized spacial score (nSPS) is 13.4. The number of halogens is 1. The quantitative estimate of drug-likeness (QED) is 0.677. The molecule has 1 aliphatic rings. The van der Waals surface area contributed by atoms with Crippen LogP contribution in [0.2, 0.25) is 5.02 Å². The first-order chi connectivity index (χ1) is 13.4. The van der Waals surface area contributed by atoms with Crippen molar-refractivity contribution in [3.8, 4) is 11.1 Å². The molecular formula is C22H24ClN3O2. The molecular weight excluding hydrogens is 374 g/mol. The minimum Gasteiger partial charge on any atom is -0.481 e. The maximum absolute atomic E-state index is 11.7. The largest absolute Gasteiger partial charge is 0.481 e. The van der Waals surface area contributed by atoms with Crippen LogP contribution in [0.25, 0.3) is 22.0 Å². The highest BCUT2D eigenvalue weighted by atomic mass is 35.5. The van der Waals surface area contributed by atoms with Crippen molar-refractivity contribution in [1.29, 1.82) is 0 Å². The van der Waals surface area contributed by atoms with Crippen molar-refractivity contribution in [1.82, 2.24) is 9.88 Å². The zero-order chi connectivity index (χ0) is 20.0. The Morgan fingerprint density at radius 2 is 1.93 bits per heavy atom. The van der Waals surface area contributed by atoms with Gasteiger partial charge in [-0.05, 0) is 61.3 Å². The van der Waals surface area contributed by atoms with Crippen LogP contribution in [0, 0.1) is 13.8 Å². The molecule has 0 aliphatic carbocycles. The van der Waals surface area contributed by atoms with E-state index in [9.17, 15) is 9.90 Å². The minimum absolute atomic E-state index is 0.00957. The molecule has 0 atom stereocenters. The van der Waals surface area contributed by atoms with E-state index in [2.05, 4.69) is 27.8 Å². The molecule has 0 saturated heterocycles. The molecule has 0 amide bonds. The van der Waals surface area contributed by atoms with Gasteiger partial charge >= 0.3 is 5.97 Å². The maximum atomic E-state index is 11.7. The summed E-state index contributed by atoms with van der Waals surface area (Å²) in [7, 11) is 1.94. The van der Waals surface area contributed by atoms with Gasteiger partial charge in [0.15, 0.2) is 0 Å². The number of hydrogen-bond acceptors (Lipinski definition) is 3. The highest BCUT2D eigenvalue weighted by molar-refractivity contribution is 6.30. The predicted molar refractivity (Wildman–Crippen MR) is 114 cm³/mol. The lowest BCUT2D eigenvalue weighted by Crippen LogP contribution is -2.38. The van der Waals surface area contributed by atoms with E-state index in [1.165, 1.54) is 11.2 Å². The van der Waals surface area contributed by atoms with Crippen LogP contribution in [0.4, 0.5) is 5.69 Å². The summed E-state index contributed by atoms with van der Waals surface area (Å²) in [6, 6.07) is 9.87. The number of carboxylic acid groups (broad SMARTS) is 1. The second-order valence-electron chi connectivity index (χ2n) is 7.38. The van der Waals surface area contributed by atoms with Crippen LogP contribution >= 0.6 is 11.6 Å². The molecule has 0 radical (unpaired) electrons. The van der Waals surface area contributed by atoms with Gasteiger partial charge in [0, 0.05) is 29.2 Å². The molecule has 2 heterocycles. The van der Waals surface area contributed by atoms with Crippen molar-refractivity contribution in [2.24, 2.45) is 0 Å². The van der Waals surface area contributed by atoms with E-state index in [0.717, 1.165) is 53.1 Å². The van der Waals surface area contributed by atoms with Gasteiger partial charge < -0.3 is 19.9 Å². The SMILES string of the molecule is CNCN1CCn2c(C)cc3c(-c4ccc(Cl)cc4)c(CC(=O)O)c(C)c1c32. The number of nitrogens with one attached hydrogen (secondary N) is 1. The van der Waals surface area contributed by atoms with E-state index in [0.29, 0.717) is 5.02 Å². The van der Waals surface area contributed by atoms with E-state index in [4.69, 9.17) is 11.6 Å². The third-order valence-electron chi connectivity index (χ3n) is 5.63. The number of aromatic nitrogens is 1. The fourth-order valence-electron chi connectivity index (χ4n) is 4.47. The summed E-state index contributed by atoms with van der Waals surface area (Å²) < 4.78 is 2.35. The predicted octanol–water partition coefficient (Wildman–Crippen LogP) is 4.20. The van der Waals surface area contributed by atoms with Crippen molar-refractivity contribution >= 4 is 34.2 Å². The summed E-state index contributed by atoms with van der Waals surface area (Å²) in [5.74, 6) is -0.822. The summed E-state index contributed by atoms with van der Waals surface area (Å²) >= 11 is 6.10. The molecule has 3 aromatic rings. The van der Waals surface area contributed by atoms with Crippen LogP contribution in [0.1, 0.15) is 16.8 Å². The van der Waals surface area contributed by atoms with Gasteiger partial charge in [-0.15, -0.1) is 0 Å². The second kappa shape index (κ2) is 7.15. The first-order valence-electron chi connectivity index (χ1n) is 9.45. The standard InChI is InChI=1S/C22H24ClN3O2/c1-13-10-18-20(15-4-6-16(23)7-5-15)17(11-19(27)28)14(2)21-22(18)26(13)9-8-25(21)12-24-3/h4-7,10,24H,8-9,11-12H2,1-3H3,(H,27,28). The molecule has 146 valence electrons. The van der Waals surface area contributed by atoms with Crippen LogP contribution in [0.5, 0.6) is 0 Å². The van der Waals surface area contributed by atoms with Gasteiger partial charge in [0.05, 0.1) is 24.3 Å². The number of nitrogens with zero attached hydrogens (tertiary/aromatic N) is 2. The smallest absolute Gasteiger partial charge is 0.307 e. The average Bonchev–Trinajstić information content (AvgIpc) is 2.98. The molecule has 0 saturated carbocycles. The molecule has 1 aliphatic heterocycles. The summed E-state index contributed by atoms with van der Waals surface area (Å²) in [5.41, 5.74) is 7.43. The molecule has 5 nitrogen and oxygen atoms in total. The molecule has 0 fully saturated rings. The van der Waals surface area contributed by atoms with Gasteiger partial charge in [-0.2, -0.15) is 0 Å². The third kappa shape index (κ3) is 2.95. The molecule has 0 unspecified atom stereocenters. The van der Waals surface area contributed by atoms with E-state index >= 15 is 0 Å². The van der Waals surface area contributed by atoms with Gasteiger partial charge in [-0.1, -0.05) is 23.7 Å². The Balaban J connectivity index is 2.11. The van der Waals surface area contributed by atoms with Crippen LogP contribution in [-0.4, -0.2) is 35.9 Å². The summed E-state index contributed by atoms with van der Waals surface area (Å²) in [4.78, 5) is 14.0. The zero-order valence-electron chi connectivity index (χ0n) is 16.3. The van der Waals surface area contributed by atoms with Gasteiger partial charge in [-0.25, -0.2) is 0 Å². The third-order valence-corrected chi connectivity index (χ3v) is 5.88. The van der Waals surface area contributed by atoms with Crippen molar-refractivity contribution in [3.63, 3.8) is 0 Å². The Hall–Kier alpha value is -2.50. The number of benzene rings is 2. The Labute approximate surface area is 169 Å². The van der Waals surface area contributed by atoms with Gasteiger partial charge in [0.2, 0.25) is 0 Å². The molecule has 2 aromatic carbocycles. The topological polar surface area (TPSA) is 57.5 Å². The number of carbonyl (C=O) groups is 1. The zero-order valence-corrected chi connectivity index (χ0v) is 17.1. The number of rotatable bonds is 5. The first-order valence-corrected chi connectivity index (χ1v) is 9.82. The van der Waals surface area contributed by atoms with Crippen LogP contribution in [0.15, 0.2) is 30.3 Å². The lowest BCUT2D eigenvalue weighted by atomic mass is 9.88. The van der Waals surface area contributed by atoms with Crippen LogP contribution < -0.4 is 10.2 Å². The summed E-state index contributed by atoms with van der Waals surface area (Å²) in [5, 5.41) is 14.7. The number of anilines is 1. The molecule has 4 rings (SSSR count). The monoisotopic (exact) mass is 397 g/mol. The molecule has 2 N–H and O–H groups in total. The Kier molecular flexibility index (Phi) is 4.81. The molecule has 0 spiro atoms. The van der Waals surface area contributed by atoms with E-state index < -0.39 is 5.97 Å². The molecule has 6 heteroatoms. The molecule has 1 aromatic heterocycles. The van der Waals surface area contributed by atoms with Crippen LogP contribution in [-0.2, 0) is 17.8 Å². The van der Waals surface area contributed by atoms with Crippen molar-refractivity contribution in [2.45, 2.75) is 26.8 Å². The fourth-order valence-corrected chi connectivity index (χ4v) is 4.59. The molecule has 0 bridgehead atoms. The van der Waals surface area contributed by atoms with Gasteiger partial charge in [0.1, 0.15) is 0 Å². The minimum atomic E-state index is -0.822. The number of aliphatic carboxylic acids is 1. The fraction of sp³-hybridized carbons (Fsp3) is 0.318. The van der Waals surface area contributed by atoms with E-state index in [1.807, 2.05) is 38.2 Å². The van der Waals surface area contributed by atoms with Crippen molar-refractivity contribution in [2.75, 3.05) is 25.2 Å². The van der Waals surface area contributed by atoms with E-state index in [-0.39, 0.29) is 6.42 Å². The van der Waals surface area contributed by atoms with E-state index in [1.54, 1.807) is 0 Å². The highest BCUT2D eigenvalue weighted by Gasteiger charge is 2.28. The lowest BCUT2D eigenvalue weighted by Gasteiger charge is -2.34. The highest BCUT2D eigenvalue weighted by Crippen LogP contribution is 2.44. The lowest BCUT2D eigenvalue weighted by molar-refractivity contribution is -0.136. The number of hydrogen-bond donors (Lipinski definition) is 2. The van der Waals surface area contributed by atoms with Crippen LogP contribution in [0.3, 0.4) is 0 Å². The van der Waals surface area contributed by atoms with Crippen molar-refractivity contribution in [3.05, 3.63) is 52.2 Å². The maximum Gasteiger partial charge on any atom is 0.307 e. The van der Waals surface area contributed by atoms with Crippen molar-refractivity contribution < 1.29 is 9.90 Å². The summed E-state index contributed by atoms with van der Waals surface area (Å²) in [6.07, 6.45) is -0.00957. The Morgan fingerprint density at radius 3 is 2.57 bits per heavy atom. The Bertz CT molecular complexity index is 1070. The van der Waals surface area contributed by atoms with Gasteiger partial charge in [0.25, 0.3) is 0 Å². The Morgan fingerprint density at radius 1 is 1.21 bits per heavy atom.